The Kier molecular flexibility index (Phi) is 6.75. The second kappa shape index (κ2) is 9.26. The van der Waals surface area contributed by atoms with Crippen LogP contribution in [0.5, 0.6) is 11.5 Å². The fraction of sp³-hybridized carbons (Fsp3) is 0.273. The molecule has 1 heterocycles. The maximum Gasteiger partial charge on any atom is 0.266 e. The van der Waals surface area contributed by atoms with Gasteiger partial charge < -0.3 is 9.47 Å². The van der Waals surface area contributed by atoms with E-state index < -0.39 is 0 Å². The highest BCUT2D eigenvalue weighted by Crippen LogP contribution is 2.35. The molecule has 0 atom stereocenters. The summed E-state index contributed by atoms with van der Waals surface area (Å²) in [4.78, 5) is 14.6. The van der Waals surface area contributed by atoms with Gasteiger partial charge in [-0.15, -0.1) is 0 Å². The zero-order chi connectivity index (χ0) is 20.1. The number of thiocarbonyl (C=S) groups is 1. The van der Waals surface area contributed by atoms with E-state index in [2.05, 4.69) is 19.1 Å². The van der Waals surface area contributed by atoms with Gasteiger partial charge in [0.25, 0.3) is 5.91 Å². The maximum absolute atomic E-state index is 12.4. The lowest BCUT2D eigenvalue weighted by Crippen LogP contribution is -2.27. The molecule has 0 saturated carbocycles. The molecule has 4 nitrogen and oxygen atoms in total. The number of hydrogen-bond acceptors (Lipinski definition) is 5. The number of hydrogen-bond donors (Lipinski definition) is 0. The van der Waals surface area contributed by atoms with Crippen molar-refractivity contribution in [2.24, 2.45) is 0 Å². The van der Waals surface area contributed by atoms with Gasteiger partial charge in [-0.25, -0.2) is 0 Å². The van der Waals surface area contributed by atoms with Crippen LogP contribution in [-0.4, -0.2) is 28.3 Å². The number of carbonyl (C=O) groups excluding carboxylic acids is 1. The van der Waals surface area contributed by atoms with Gasteiger partial charge in [0.15, 0.2) is 11.5 Å². The van der Waals surface area contributed by atoms with Crippen LogP contribution in [0.15, 0.2) is 47.4 Å². The Morgan fingerprint density at radius 2 is 1.93 bits per heavy atom. The zero-order valence-electron chi connectivity index (χ0n) is 16.2. The van der Waals surface area contributed by atoms with E-state index in [1.165, 1.54) is 17.3 Å². The molecule has 0 radical (unpaired) electrons. The smallest absolute Gasteiger partial charge is 0.266 e. The van der Waals surface area contributed by atoms with Crippen LogP contribution in [-0.2, 0) is 11.4 Å². The average molecular weight is 414 g/mol. The Balaban J connectivity index is 1.80. The summed E-state index contributed by atoms with van der Waals surface area (Å²) in [6, 6.07) is 13.9. The predicted molar refractivity (Wildman–Crippen MR) is 119 cm³/mol. The fourth-order valence-electron chi connectivity index (χ4n) is 2.89. The van der Waals surface area contributed by atoms with Crippen molar-refractivity contribution in [3.8, 4) is 11.5 Å². The second-order valence-electron chi connectivity index (χ2n) is 6.34. The molecule has 0 spiro atoms. The summed E-state index contributed by atoms with van der Waals surface area (Å²) in [5.74, 6) is 1.30. The first-order valence-electron chi connectivity index (χ1n) is 9.22. The molecule has 0 bridgehead atoms. The van der Waals surface area contributed by atoms with Crippen molar-refractivity contribution in [3.63, 3.8) is 0 Å². The Bertz CT molecular complexity index is 924. The fourth-order valence-corrected chi connectivity index (χ4v) is 4.27. The van der Waals surface area contributed by atoms with Crippen LogP contribution >= 0.6 is 24.0 Å². The third kappa shape index (κ3) is 4.75. The number of rotatable bonds is 7. The third-order valence-electron chi connectivity index (χ3n) is 4.23. The van der Waals surface area contributed by atoms with Crippen LogP contribution in [0.3, 0.4) is 0 Å². The molecule has 1 aliphatic heterocycles. The first-order valence-corrected chi connectivity index (χ1v) is 10.4. The third-order valence-corrected chi connectivity index (χ3v) is 5.61. The van der Waals surface area contributed by atoms with E-state index in [-0.39, 0.29) is 5.91 Å². The molecule has 1 saturated heterocycles. The Labute approximate surface area is 175 Å². The number of benzene rings is 2. The number of amides is 1. The monoisotopic (exact) mass is 413 g/mol. The minimum atomic E-state index is -0.0461. The quantitative estimate of drug-likeness (QED) is 0.461. The Hall–Kier alpha value is -2.31. The van der Waals surface area contributed by atoms with Gasteiger partial charge in [-0.05, 0) is 50.1 Å². The molecule has 1 fully saturated rings. The molecule has 0 N–H and O–H groups in total. The lowest BCUT2D eigenvalue weighted by molar-refractivity contribution is -0.121. The average Bonchev–Trinajstić information content (AvgIpc) is 2.94. The van der Waals surface area contributed by atoms with Gasteiger partial charge in [0, 0.05) is 6.54 Å². The summed E-state index contributed by atoms with van der Waals surface area (Å²) < 4.78 is 12.3. The topological polar surface area (TPSA) is 38.8 Å². The molecule has 146 valence electrons. The van der Waals surface area contributed by atoms with Gasteiger partial charge in [-0.2, -0.15) is 0 Å². The number of ether oxygens (including phenoxy) is 2. The Morgan fingerprint density at radius 1 is 1.11 bits per heavy atom. The van der Waals surface area contributed by atoms with Gasteiger partial charge in [0.2, 0.25) is 0 Å². The molecule has 0 aromatic heterocycles. The largest absolute Gasteiger partial charge is 0.490 e. The van der Waals surface area contributed by atoms with Crippen LogP contribution < -0.4 is 9.47 Å². The molecule has 3 rings (SSSR count). The first-order chi connectivity index (χ1) is 13.5. The van der Waals surface area contributed by atoms with Gasteiger partial charge >= 0.3 is 0 Å². The maximum atomic E-state index is 12.4. The molecular weight excluding hydrogens is 390 g/mol. The second-order valence-corrected chi connectivity index (χ2v) is 8.02. The van der Waals surface area contributed by atoms with Crippen LogP contribution in [0.4, 0.5) is 0 Å². The van der Waals surface area contributed by atoms with Crippen molar-refractivity contribution < 1.29 is 14.3 Å². The molecule has 0 aliphatic carbocycles. The summed E-state index contributed by atoms with van der Waals surface area (Å²) in [6.45, 7) is 7.49. The van der Waals surface area contributed by atoms with Crippen molar-refractivity contribution in [2.75, 3.05) is 13.2 Å². The highest BCUT2D eigenvalue weighted by Gasteiger charge is 2.30. The lowest BCUT2D eigenvalue weighted by Gasteiger charge is -2.13. The van der Waals surface area contributed by atoms with Crippen molar-refractivity contribution in [3.05, 3.63) is 64.1 Å². The van der Waals surface area contributed by atoms with Crippen LogP contribution in [0.1, 0.15) is 30.5 Å². The van der Waals surface area contributed by atoms with Gasteiger partial charge in [-0.3, -0.25) is 9.69 Å². The summed E-state index contributed by atoms with van der Waals surface area (Å²) in [6.07, 6.45) is 1.85. The minimum Gasteiger partial charge on any atom is -0.490 e. The number of likely N-dealkylation sites (N-methyl/N-ethyl adjacent to an activating group) is 1. The standard InChI is InChI=1S/C22H23NO3S2/c1-4-23-21(24)20(28-22(23)27)13-16-9-10-18(19(12-16)25-5-2)26-14-17-8-6-7-15(3)11-17/h6-13H,4-5,14H2,1-3H3/b20-13-. The molecule has 0 unspecified atom stereocenters. The number of carbonyl (C=O) groups is 1. The Morgan fingerprint density at radius 3 is 2.61 bits per heavy atom. The summed E-state index contributed by atoms with van der Waals surface area (Å²) >= 11 is 6.60. The molecule has 1 aliphatic rings. The van der Waals surface area contributed by atoms with E-state index in [9.17, 15) is 4.79 Å². The molecule has 6 heteroatoms. The van der Waals surface area contributed by atoms with E-state index in [0.29, 0.717) is 40.5 Å². The minimum absolute atomic E-state index is 0.0461. The van der Waals surface area contributed by atoms with E-state index in [0.717, 1.165) is 11.1 Å². The number of aryl methyl sites for hydroxylation is 1. The van der Waals surface area contributed by atoms with Gasteiger partial charge in [0.05, 0.1) is 11.5 Å². The summed E-state index contributed by atoms with van der Waals surface area (Å²) in [5, 5.41) is 0. The van der Waals surface area contributed by atoms with Gasteiger partial charge in [0.1, 0.15) is 10.9 Å². The van der Waals surface area contributed by atoms with Crippen molar-refractivity contribution in [1.29, 1.82) is 0 Å². The highest BCUT2D eigenvalue weighted by molar-refractivity contribution is 8.26. The number of nitrogens with zero attached hydrogens (tertiary/aromatic N) is 1. The van der Waals surface area contributed by atoms with Crippen LogP contribution in [0, 0.1) is 6.92 Å². The van der Waals surface area contributed by atoms with E-state index in [4.69, 9.17) is 21.7 Å². The molecule has 28 heavy (non-hydrogen) atoms. The summed E-state index contributed by atoms with van der Waals surface area (Å²) in [5.41, 5.74) is 3.18. The van der Waals surface area contributed by atoms with Gasteiger partial charge in [-0.1, -0.05) is 59.9 Å². The van der Waals surface area contributed by atoms with E-state index in [1.807, 2.05) is 50.3 Å². The van der Waals surface area contributed by atoms with Crippen LogP contribution in [0.2, 0.25) is 0 Å². The lowest BCUT2D eigenvalue weighted by atomic mass is 10.1. The molecular formula is C22H23NO3S2. The molecule has 2 aromatic carbocycles. The van der Waals surface area contributed by atoms with Crippen molar-refractivity contribution in [1.82, 2.24) is 4.90 Å². The summed E-state index contributed by atoms with van der Waals surface area (Å²) in [7, 11) is 0. The SMILES string of the molecule is CCOc1cc(/C=C2\SC(=S)N(CC)C2=O)ccc1OCc1cccc(C)c1. The zero-order valence-corrected chi connectivity index (χ0v) is 17.9. The highest BCUT2D eigenvalue weighted by atomic mass is 32.2. The number of thioether (sulfide) groups is 1. The van der Waals surface area contributed by atoms with Crippen molar-refractivity contribution in [2.45, 2.75) is 27.4 Å². The molecule has 1 amide bonds. The normalized spacial score (nSPS) is 15.4. The van der Waals surface area contributed by atoms with E-state index in [1.54, 1.807) is 4.90 Å². The predicted octanol–water partition coefficient (Wildman–Crippen LogP) is 5.19. The first kappa shape index (κ1) is 20.4. The van der Waals surface area contributed by atoms with Crippen molar-refractivity contribution >= 4 is 40.3 Å². The molecule has 2 aromatic rings. The van der Waals surface area contributed by atoms with E-state index >= 15 is 0 Å². The van der Waals surface area contributed by atoms with Crippen LogP contribution in [0.25, 0.3) is 6.08 Å².